The summed E-state index contributed by atoms with van der Waals surface area (Å²) < 4.78 is 4.97. The molecule has 0 aliphatic heterocycles. The number of esters is 1. The first-order valence-corrected chi connectivity index (χ1v) is 4.38. The molecule has 76 valence electrons. The molecule has 3 nitrogen and oxygen atoms in total. The van der Waals surface area contributed by atoms with E-state index in [1.165, 1.54) is 13.8 Å². The van der Waals surface area contributed by atoms with E-state index in [0.717, 1.165) is 0 Å². The fourth-order valence-electron chi connectivity index (χ4n) is 0.518. The Bertz CT molecular complexity index is 226. The van der Waals surface area contributed by atoms with Crippen LogP contribution >= 0.6 is 11.6 Å². The molecule has 0 heterocycles. The van der Waals surface area contributed by atoms with E-state index < -0.39 is 22.2 Å². The van der Waals surface area contributed by atoms with Gasteiger partial charge in [-0.3, -0.25) is 4.79 Å². The van der Waals surface area contributed by atoms with E-state index in [-0.39, 0.29) is 0 Å². The van der Waals surface area contributed by atoms with Crippen molar-refractivity contribution in [2.45, 2.75) is 45.1 Å². The van der Waals surface area contributed by atoms with Crippen molar-refractivity contribution in [1.82, 2.24) is 0 Å². The smallest absolute Gasteiger partial charge is 0.335 e. The Kier molecular flexibility index (Phi) is 3.50. The molecule has 0 amide bonds. The Morgan fingerprint density at radius 1 is 1.15 bits per heavy atom. The molecule has 1 atom stereocenters. The van der Waals surface area contributed by atoms with Gasteiger partial charge in [-0.25, -0.2) is 4.79 Å². The van der Waals surface area contributed by atoms with Crippen molar-refractivity contribution in [2.24, 2.45) is 0 Å². The number of Topliss-reactive ketones (excluding diaryl/α,β-unsaturated/α-hetero) is 1. The van der Waals surface area contributed by atoms with Gasteiger partial charge in [0.1, 0.15) is 5.60 Å². The normalized spacial score (nSPS) is 16.2. The first-order valence-electron chi connectivity index (χ1n) is 4.01. The largest absolute Gasteiger partial charge is 0.458 e. The summed E-state index contributed by atoms with van der Waals surface area (Å²) in [4.78, 5) is 20.7. The monoisotopic (exact) mass is 206 g/mol. The van der Waals surface area contributed by atoms with Crippen LogP contribution in [0, 0.1) is 0 Å². The Balaban J connectivity index is 4.53. The zero-order valence-electron chi connectivity index (χ0n) is 8.60. The molecule has 0 aromatic rings. The van der Waals surface area contributed by atoms with Crippen LogP contribution in [0.4, 0.5) is 0 Å². The highest BCUT2D eigenvalue weighted by Gasteiger charge is 2.39. The molecule has 1 unspecified atom stereocenters. The van der Waals surface area contributed by atoms with Crippen LogP contribution in [0.5, 0.6) is 0 Å². The van der Waals surface area contributed by atoms with Crippen LogP contribution in [0.3, 0.4) is 0 Å². The molecule has 0 spiro atoms. The van der Waals surface area contributed by atoms with Crippen molar-refractivity contribution in [3.8, 4) is 0 Å². The third-order valence-electron chi connectivity index (χ3n) is 1.44. The van der Waals surface area contributed by atoms with Gasteiger partial charge in [-0.2, -0.15) is 0 Å². The van der Waals surface area contributed by atoms with Gasteiger partial charge in [-0.1, -0.05) is 11.6 Å². The Labute approximate surface area is 83.4 Å². The second-order valence-electron chi connectivity index (χ2n) is 4.06. The SMILES string of the molecule is CC(=O)C(C)(Cl)C(=O)OC(C)(C)C. The molecule has 0 N–H and O–H groups in total. The lowest BCUT2D eigenvalue weighted by Gasteiger charge is -2.25. The molecule has 0 saturated carbocycles. The van der Waals surface area contributed by atoms with Crippen molar-refractivity contribution >= 4 is 23.4 Å². The van der Waals surface area contributed by atoms with E-state index in [1.807, 2.05) is 0 Å². The summed E-state index contributed by atoms with van der Waals surface area (Å²) in [7, 11) is 0. The Morgan fingerprint density at radius 2 is 1.54 bits per heavy atom. The van der Waals surface area contributed by atoms with Crippen LogP contribution in [0.2, 0.25) is 0 Å². The summed E-state index contributed by atoms with van der Waals surface area (Å²) >= 11 is 5.70. The first kappa shape index (κ1) is 12.4. The maximum absolute atomic E-state index is 11.3. The van der Waals surface area contributed by atoms with Crippen LogP contribution in [-0.4, -0.2) is 22.2 Å². The maximum Gasteiger partial charge on any atom is 0.335 e. The molecular weight excluding hydrogens is 192 g/mol. The molecule has 4 heteroatoms. The molecule has 13 heavy (non-hydrogen) atoms. The quantitative estimate of drug-likeness (QED) is 0.394. The number of ketones is 1. The van der Waals surface area contributed by atoms with Gasteiger partial charge in [-0.05, 0) is 34.6 Å². The van der Waals surface area contributed by atoms with E-state index in [9.17, 15) is 9.59 Å². The highest BCUT2D eigenvalue weighted by molar-refractivity contribution is 6.45. The summed E-state index contributed by atoms with van der Waals surface area (Å²) in [5.74, 6) is -1.11. The average Bonchev–Trinajstić information content (AvgIpc) is 1.82. The van der Waals surface area contributed by atoms with E-state index in [2.05, 4.69) is 0 Å². The fraction of sp³-hybridized carbons (Fsp3) is 0.778. The number of rotatable bonds is 2. The number of carbonyl (C=O) groups is 2. The third kappa shape index (κ3) is 3.77. The standard InChI is InChI=1S/C9H15ClO3/c1-6(11)9(5,10)7(12)13-8(2,3)4/h1-5H3. The molecule has 0 fully saturated rings. The predicted molar refractivity (Wildman–Crippen MR) is 50.8 cm³/mol. The number of hydrogen-bond donors (Lipinski definition) is 0. The van der Waals surface area contributed by atoms with Gasteiger partial charge in [0.25, 0.3) is 0 Å². The fourth-order valence-corrected chi connectivity index (χ4v) is 0.556. The molecule has 0 rings (SSSR count). The molecule has 0 radical (unpaired) electrons. The minimum absolute atomic E-state index is 0.414. The van der Waals surface area contributed by atoms with Crippen molar-refractivity contribution in [1.29, 1.82) is 0 Å². The predicted octanol–water partition coefficient (Wildman–Crippen LogP) is 1.91. The van der Waals surface area contributed by atoms with Crippen molar-refractivity contribution in [2.75, 3.05) is 0 Å². The zero-order chi connectivity index (χ0) is 10.9. The molecule has 0 aliphatic rings. The summed E-state index contributed by atoms with van der Waals surface area (Å²) in [5.41, 5.74) is -0.622. The third-order valence-corrected chi connectivity index (χ3v) is 1.86. The van der Waals surface area contributed by atoms with Gasteiger partial charge in [0.05, 0.1) is 0 Å². The lowest BCUT2D eigenvalue weighted by atomic mass is 10.1. The number of hydrogen-bond acceptors (Lipinski definition) is 3. The Morgan fingerprint density at radius 3 is 1.77 bits per heavy atom. The number of alkyl halides is 1. The Hall–Kier alpha value is -0.570. The van der Waals surface area contributed by atoms with E-state index in [4.69, 9.17) is 16.3 Å². The summed E-state index contributed by atoms with van der Waals surface area (Å²) in [6.45, 7) is 7.76. The number of carbonyl (C=O) groups excluding carboxylic acids is 2. The van der Waals surface area contributed by atoms with Gasteiger partial charge in [0.2, 0.25) is 0 Å². The molecule has 0 bridgehead atoms. The average molecular weight is 207 g/mol. The van der Waals surface area contributed by atoms with Crippen LogP contribution < -0.4 is 0 Å². The van der Waals surface area contributed by atoms with Gasteiger partial charge < -0.3 is 4.74 Å². The van der Waals surface area contributed by atoms with Gasteiger partial charge >= 0.3 is 5.97 Å². The van der Waals surface area contributed by atoms with Crippen molar-refractivity contribution < 1.29 is 14.3 Å². The summed E-state index contributed by atoms with van der Waals surface area (Å²) in [6.07, 6.45) is 0. The molecule has 0 aliphatic carbocycles. The van der Waals surface area contributed by atoms with E-state index in [1.54, 1.807) is 20.8 Å². The maximum atomic E-state index is 11.3. The van der Waals surface area contributed by atoms with Gasteiger partial charge in [-0.15, -0.1) is 0 Å². The molecule has 0 aromatic heterocycles. The summed E-state index contributed by atoms with van der Waals surface area (Å²) in [5, 5.41) is 0. The van der Waals surface area contributed by atoms with Crippen molar-refractivity contribution in [3.05, 3.63) is 0 Å². The molecular formula is C9H15ClO3. The topological polar surface area (TPSA) is 43.4 Å². The van der Waals surface area contributed by atoms with Crippen LogP contribution in [0.25, 0.3) is 0 Å². The second kappa shape index (κ2) is 3.66. The molecule has 0 aromatic carbocycles. The highest BCUT2D eigenvalue weighted by Crippen LogP contribution is 2.21. The minimum atomic E-state index is -1.56. The number of ether oxygens (including phenoxy) is 1. The van der Waals surface area contributed by atoms with Gasteiger partial charge in [0, 0.05) is 0 Å². The lowest BCUT2D eigenvalue weighted by Crippen LogP contribution is -2.41. The van der Waals surface area contributed by atoms with Gasteiger partial charge in [0.15, 0.2) is 10.7 Å². The van der Waals surface area contributed by atoms with E-state index in [0.29, 0.717) is 0 Å². The van der Waals surface area contributed by atoms with Crippen LogP contribution in [-0.2, 0) is 14.3 Å². The zero-order valence-corrected chi connectivity index (χ0v) is 9.36. The molecule has 0 saturated heterocycles. The second-order valence-corrected chi connectivity index (χ2v) is 4.82. The first-order chi connectivity index (χ1) is 5.57. The van der Waals surface area contributed by atoms with Crippen LogP contribution in [0.1, 0.15) is 34.6 Å². The lowest BCUT2D eigenvalue weighted by molar-refractivity contribution is -0.159. The van der Waals surface area contributed by atoms with E-state index >= 15 is 0 Å². The minimum Gasteiger partial charge on any atom is -0.458 e. The summed E-state index contributed by atoms with van der Waals surface area (Å²) in [6, 6.07) is 0. The highest BCUT2D eigenvalue weighted by atomic mass is 35.5. The number of halogens is 1. The van der Waals surface area contributed by atoms with Crippen molar-refractivity contribution in [3.63, 3.8) is 0 Å². The van der Waals surface area contributed by atoms with Crippen LogP contribution in [0.15, 0.2) is 0 Å².